The fourth-order valence-electron chi connectivity index (χ4n) is 3.74. The molecule has 0 saturated carbocycles. The van der Waals surface area contributed by atoms with Gasteiger partial charge >= 0.3 is 0 Å². The first-order chi connectivity index (χ1) is 13.6. The van der Waals surface area contributed by atoms with Crippen molar-refractivity contribution < 1.29 is 4.74 Å². The van der Waals surface area contributed by atoms with E-state index in [9.17, 15) is 0 Å². The molecule has 0 bridgehead atoms. The second-order valence-corrected chi connectivity index (χ2v) is 8.18. The van der Waals surface area contributed by atoms with Crippen molar-refractivity contribution in [2.24, 2.45) is 4.99 Å². The molecular weight excluding hydrogens is 352 g/mol. The Kier molecular flexibility index (Phi) is 7.50. The molecule has 2 aliphatic rings. The van der Waals surface area contributed by atoms with Crippen molar-refractivity contribution >= 4 is 11.8 Å². The number of rotatable bonds is 7. The Morgan fingerprint density at radius 3 is 2.54 bits per heavy atom. The number of guanidine groups is 1. The molecule has 0 amide bonds. The molecule has 28 heavy (non-hydrogen) atoms. The Labute approximate surface area is 169 Å². The SMILES string of the molecule is CCNC(=NCc1ccc(N2CCCC2)nc1)NCC(C)(C)N1CCOCC1. The van der Waals surface area contributed by atoms with Crippen LogP contribution in [0.2, 0.25) is 0 Å². The molecule has 7 heteroatoms. The molecule has 0 spiro atoms. The van der Waals surface area contributed by atoms with Crippen LogP contribution in [0.5, 0.6) is 0 Å². The van der Waals surface area contributed by atoms with Gasteiger partial charge in [0.1, 0.15) is 5.82 Å². The van der Waals surface area contributed by atoms with Gasteiger partial charge in [-0.15, -0.1) is 0 Å². The number of ether oxygens (including phenoxy) is 1. The summed E-state index contributed by atoms with van der Waals surface area (Å²) in [5.41, 5.74) is 1.19. The second kappa shape index (κ2) is 10.1. The average molecular weight is 389 g/mol. The molecule has 2 aliphatic heterocycles. The molecule has 156 valence electrons. The molecule has 3 rings (SSSR count). The van der Waals surface area contributed by atoms with Crippen LogP contribution in [0, 0.1) is 0 Å². The Balaban J connectivity index is 1.54. The van der Waals surface area contributed by atoms with Crippen LogP contribution in [0.4, 0.5) is 5.82 Å². The predicted molar refractivity (Wildman–Crippen MR) is 115 cm³/mol. The maximum absolute atomic E-state index is 5.48. The second-order valence-electron chi connectivity index (χ2n) is 8.18. The number of aromatic nitrogens is 1. The van der Waals surface area contributed by atoms with Gasteiger partial charge in [-0.2, -0.15) is 0 Å². The fourth-order valence-corrected chi connectivity index (χ4v) is 3.74. The summed E-state index contributed by atoms with van der Waals surface area (Å²) in [6.45, 7) is 14.8. The normalized spacial score (nSPS) is 19.1. The van der Waals surface area contributed by atoms with E-state index in [2.05, 4.69) is 58.3 Å². The number of hydrogen-bond acceptors (Lipinski definition) is 5. The van der Waals surface area contributed by atoms with Crippen molar-refractivity contribution in [2.75, 3.05) is 57.4 Å². The highest BCUT2D eigenvalue weighted by Crippen LogP contribution is 2.18. The third-order valence-corrected chi connectivity index (χ3v) is 5.56. The van der Waals surface area contributed by atoms with E-state index in [0.29, 0.717) is 6.54 Å². The highest BCUT2D eigenvalue weighted by molar-refractivity contribution is 5.79. The summed E-state index contributed by atoms with van der Waals surface area (Å²) in [6.07, 6.45) is 4.50. The Bertz CT molecular complexity index is 618. The molecule has 0 atom stereocenters. The van der Waals surface area contributed by atoms with Crippen LogP contribution in [0.1, 0.15) is 39.2 Å². The molecule has 2 saturated heterocycles. The molecule has 0 radical (unpaired) electrons. The standard InChI is InChI=1S/C21H36N6O/c1-4-22-20(25-17-21(2,3)27-11-13-28-14-12-27)24-16-18-7-8-19(23-15-18)26-9-5-6-10-26/h7-8,15H,4-6,9-14,16-17H2,1-3H3,(H2,22,24,25). The summed E-state index contributed by atoms with van der Waals surface area (Å²) < 4.78 is 5.48. The Morgan fingerprint density at radius 1 is 1.14 bits per heavy atom. The van der Waals surface area contributed by atoms with E-state index in [4.69, 9.17) is 9.73 Å². The van der Waals surface area contributed by atoms with Crippen molar-refractivity contribution in [1.82, 2.24) is 20.5 Å². The minimum Gasteiger partial charge on any atom is -0.379 e. The van der Waals surface area contributed by atoms with Gasteiger partial charge in [-0.1, -0.05) is 6.07 Å². The first kappa shape index (κ1) is 20.9. The van der Waals surface area contributed by atoms with Crippen molar-refractivity contribution in [2.45, 2.75) is 45.7 Å². The highest BCUT2D eigenvalue weighted by Gasteiger charge is 2.28. The quantitative estimate of drug-likeness (QED) is 0.549. The van der Waals surface area contributed by atoms with Crippen molar-refractivity contribution in [3.63, 3.8) is 0 Å². The molecule has 1 aromatic heterocycles. The molecule has 1 aromatic rings. The average Bonchev–Trinajstić information content (AvgIpc) is 3.26. The maximum atomic E-state index is 5.48. The van der Waals surface area contributed by atoms with Gasteiger partial charge in [0.2, 0.25) is 0 Å². The van der Waals surface area contributed by atoms with Gasteiger partial charge in [-0.05, 0) is 45.2 Å². The predicted octanol–water partition coefficient (Wildman–Crippen LogP) is 1.85. The number of aliphatic imine (C=N–C) groups is 1. The van der Waals surface area contributed by atoms with Crippen molar-refractivity contribution in [3.05, 3.63) is 23.9 Å². The molecule has 0 aliphatic carbocycles. The first-order valence-electron chi connectivity index (χ1n) is 10.6. The molecule has 7 nitrogen and oxygen atoms in total. The molecule has 0 aromatic carbocycles. The number of pyridine rings is 1. The minimum absolute atomic E-state index is 0.0545. The summed E-state index contributed by atoms with van der Waals surface area (Å²) >= 11 is 0. The van der Waals surface area contributed by atoms with Gasteiger partial charge in [0.15, 0.2) is 5.96 Å². The van der Waals surface area contributed by atoms with Crippen LogP contribution in [-0.2, 0) is 11.3 Å². The maximum Gasteiger partial charge on any atom is 0.191 e. The van der Waals surface area contributed by atoms with Gasteiger partial charge in [0, 0.05) is 51.0 Å². The topological polar surface area (TPSA) is 65.0 Å². The fraction of sp³-hybridized carbons (Fsp3) is 0.714. The Hall–Kier alpha value is -1.86. The zero-order chi connectivity index (χ0) is 19.8. The molecule has 2 N–H and O–H groups in total. The lowest BCUT2D eigenvalue weighted by Gasteiger charge is -2.41. The third kappa shape index (κ3) is 5.82. The van der Waals surface area contributed by atoms with E-state index in [1.54, 1.807) is 0 Å². The summed E-state index contributed by atoms with van der Waals surface area (Å²) in [4.78, 5) is 14.2. The van der Waals surface area contributed by atoms with Gasteiger partial charge in [0.05, 0.1) is 19.8 Å². The lowest BCUT2D eigenvalue weighted by Crippen LogP contribution is -2.56. The van der Waals surface area contributed by atoms with Gasteiger partial charge in [-0.25, -0.2) is 9.98 Å². The number of anilines is 1. The zero-order valence-electron chi connectivity index (χ0n) is 17.7. The number of hydrogen-bond donors (Lipinski definition) is 2. The lowest BCUT2D eigenvalue weighted by atomic mass is 10.0. The molecule has 3 heterocycles. The monoisotopic (exact) mass is 388 g/mol. The number of nitrogens with one attached hydrogen (secondary N) is 2. The third-order valence-electron chi connectivity index (χ3n) is 5.56. The summed E-state index contributed by atoms with van der Waals surface area (Å²) in [7, 11) is 0. The van der Waals surface area contributed by atoms with Crippen LogP contribution >= 0.6 is 0 Å². The lowest BCUT2D eigenvalue weighted by molar-refractivity contribution is -0.00834. The largest absolute Gasteiger partial charge is 0.379 e. The van der Waals surface area contributed by atoms with Gasteiger partial charge in [-0.3, -0.25) is 4.90 Å². The minimum atomic E-state index is 0.0545. The smallest absolute Gasteiger partial charge is 0.191 e. The van der Waals surface area contributed by atoms with Crippen LogP contribution in [0.3, 0.4) is 0 Å². The zero-order valence-corrected chi connectivity index (χ0v) is 17.7. The van der Waals surface area contributed by atoms with E-state index in [1.165, 1.54) is 12.8 Å². The van der Waals surface area contributed by atoms with Crippen LogP contribution < -0.4 is 15.5 Å². The van der Waals surface area contributed by atoms with E-state index in [-0.39, 0.29) is 5.54 Å². The van der Waals surface area contributed by atoms with Crippen LogP contribution in [-0.4, -0.2) is 73.9 Å². The van der Waals surface area contributed by atoms with E-state index in [0.717, 1.165) is 69.8 Å². The highest BCUT2D eigenvalue weighted by atomic mass is 16.5. The summed E-state index contributed by atoms with van der Waals surface area (Å²) in [5.74, 6) is 1.94. The number of morpholine rings is 1. The van der Waals surface area contributed by atoms with Crippen LogP contribution in [0.25, 0.3) is 0 Å². The van der Waals surface area contributed by atoms with Gasteiger partial charge < -0.3 is 20.3 Å². The molecule has 2 fully saturated rings. The molecule has 0 unspecified atom stereocenters. The van der Waals surface area contributed by atoms with E-state index >= 15 is 0 Å². The van der Waals surface area contributed by atoms with E-state index in [1.807, 2.05) is 6.20 Å². The summed E-state index contributed by atoms with van der Waals surface area (Å²) in [6, 6.07) is 4.27. The molecular formula is C21H36N6O. The van der Waals surface area contributed by atoms with Gasteiger partial charge in [0.25, 0.3) is 0 Å². The summed E-state index contributed by atoms with van der Waals surface area (Å²) in [5, 5.41) is 6.86. The van der Waals surface area contributed by atoms with Crippen molar-refractivity contribution in [3.8, 4) is 0 Å². The van der Waals surface area contributed by atoms with Crippen LogP contribution in [0.15, 0.2) is 23.3 Å². The van der Waals surface area contributed by atoms with Crippen molar-refractivity contribution in [1.29, 1.82) is 0 Å². The first-order valence-corrected chi connectivity index (χ1v) is 10.6. The van der Waals surface area contributed by atoms with E-state index < -0.39 is 0 Å². The Morgan fingerprint density at radius 2 is 1.89 bits per heavy atom. The number of nitrogens with zero attached hydrogens (tertiary/aromatic N) is 4.